The van der Waals surface area contributed by atoms with Crippen molar-refractivity contribution in [2.75, 3.05) is 11.9 Å². The maximum atomic E-state index is 11.2. The highest BCUT2D eigenvalue weighted by Crippen LogP contribution is 2.23. The molecule has 0 amide bonds. The number of carbonyl (C=O) groups excluding carboxylic acids is 1. The molecular formula is C14H21N3O. The topological polar surface area (TPSA) is 46.1 Å². The molecule has 18 heavy (non-hydrogen) atoms. The van der Waals surface area contributed by atoms with Gasteiger partial charge in [-0.1, -0.05) is 13.3 Å². The van der Waals surface area contributed by atoms with Gasteiger partial charge in [0.15, 0.2) is 5.82 Å². The van der Waals surface area contributed by atoms with Gasteiger partial charge >= 0.3 is 0 Å². The van der Waals surface area contributed by atoms with Crippen LogP contribution in [-0.4, -0.2) is 29.1 Å². The lowest BCUT2D eigenvalue weighted by Gasteiger charge is -2.31. The second kappa shape index (κ2) is 5.94. The minimum absolute atomic E-state index is 0.393. The monoisotopic (exact) mass is 247 g/mol. The van der Waals surface area contributed by atoms with Gasteiger partial charge in [0.1, 0.15) is 5.78 Å². The van der Waals surface area contributed by atoms with Crippen LogP contribution in [0, 0.1) is 0 Å². The van der Waals surface area contributed by atoms with E-state index in [9.17, 15) is 4.79 Å². The first kappa shape index (κ1) is 13.0. The zero-order valence-electron chi connectivity index (χ0n) is 11.2. The van der Waals surface area contributed by atoms with Crippen molar-refractivity contribution < 1.29 is 4.79 Å². The van der Waals surface area contributed by atoms with E-state index in [1.54, 1.807) is 0 Å². The van der Waals surface area contributed by atoms with Crippen LogP contribution >= 0.6 is 0 Å². The Morgan fingerprint density at radius 1 is 1.28 bits per heavy atom. The van der Waals surface area contributed by atoms with Gasteiger partial charge in [0.25, 0.3) is 0 Å². The van der Waals surface area contributed by atoms with Crippen LogP contribution in [0.1, 0.15) is 44.7 Å². The predicted molar refractivity (Wildman–Crippen MR) is 71.7 cm³/mol. The summed E-state index contributed by atoms with van der Waals surface area (Å²) in [6.07, 6.45) is 5.36. The third kappa shape index (κ3) is 3.06. The maximum absolute atomic E-state index is 11.2. The molecule has 2 rings (SSSR count). The molecule has 0 saturated heterocycles. The van der Waals surface area contributed by atoms with Crippen LogP contribution in [0.5, 0.6) is 0 Å². The summed E-state index contributed by atoms with van der Waals surface area (Å²) in [5.41, 5.74) is 1.05. The van der Waals surface area contributed by atoms with Crippen LogP contribution in [0.3, 0.4) is 0 Å². The Morgan fingerprint density at radius 2 is 2.00 bits per heavy atom. The summed E-state index contributed by atoms with van der Waals surface area (Å²) in [5.74, 6) is 1.30. The largest absolute Gasteiger partial charge is 0.355 e. The van der Waals surface area contributed by atoms with Crippen molar-refractivity contribution in [3.63, 3.8) is 0 Å². The lowest BCUT2D eigenvalue weighted by atomic mass is 9.93. The van der Waals surface area contributed by atoms with Crippen molar-refractivity contribution in [2.24, 2.45) is 0 Å². The molecule has 4 heteroatoms. The highest BCUT2D eigenvalue weighted by molar-refractivity contribution is 5.79. The van der Waals surface area contributed by atoms with Crippen molar-refractivity contribution in [3.8, 4) is 0 Å². The highest BCUT2D eigenvalue weighted by atomic mass is 16.1. The fourth-order valence-electron chi connectivity index (χ4n) is 2.43. The number of carbonyl (C=O) groups is 1. The molecule has 0 N–H and O–H groups in total. The van der Waals surface area contributed by atoms with E-state index in [2.05, 4.69) is 28.1 Å². The van der Waals surface area contributed by atoms with Crippen molar-refractivity contribution in [1.29, 1.82) is 0 Å². The van der Waals surface area contributed by atoms with Gasteiger partial charge < -0.3 is 4.90 Å². The Balaban J connectivity index is 1.99. The lowest BCUT2D eigenvalue weighted by Crippen LogP contribution is -2.35. The molecule has 1 aromatic rings. The zero-order valence-corrected chi connectivity index (χ0v) is 11.2. The summed E-state index contributed by atoms with van der Waals surface area (Å²) >= 11 is 0. The number of nitrogens with zero attached hydrogens (tertiary/aromatic N) is 3. The van der Waals surface area contributed by atoms with Crippen molar-refractivity contribution in [3.05, 3.63) is 17.8 Å². The van der Waals surface area contributed by atoms with E-state index < -0.39 is 0 Å². The average Bonchev–Trinajstić information content (AvgIpc) is 2.40. The normalized spacial score (nSPS) is 16.9. The predicted octanol–water partition coefficient (Wildman–Crippen LogP) is 2.38. The van der Waals surface area contributed by atoms with Gasteiger partial charge in [-0.05, 0) is 31.4 Å². The number of ketones is 1. The SMILES string of the molecule is CCCc1ccc(N(C)C2CCC(=O)CC2)nn1. The summed E-state index contributed by atoms with van der Waals surface area (Å²) in [6.45, 7) is 2.14. The first-order chi connectivity index (χ1) is 8.70. The van der Waals surface area contributed by atoms with Gasteiger partial charge in [0.05, 0.1) is 5.69 Å². The van der Waals surface area contributed by atoms with Crippen molar-refractivity contribution in [2.45, 2.75) is 51.5 Å². The van der Waals surface area contributed by atoms with E-state index in [1.807, 2.05) is 13.1 Å². The molecule has 0 aliphatic heterocycles. The van der Waals surface area contributed by atoms with E-state index in [0.717, 1.165) is 37.2 Å². The number of aromatic nitrogens is 2. The number of hydrogen-bond donors (Lipinski definition) is 0. The quantitative estimate of drug-likeness (QED) is 0.819. The molecule has 0 atom stereocenters. The zero-order chi connectivity index (χ0) is 13.0. The van der Waals surface area contributed by atoms with Crippen molar-refractivity contribution >= 4 is 11.6 Å². The molecule has 1 heterocycles. The Hall–Kier alpha value is -1.45. The molecule has 0 unspecified atom stereocenters. The van der Waals surface area contributed by atoms with Crippen LogP contribution in [0.4, 0.5) is 5.82 Å². The first-order valence-corrected chi connectivity index (χ1v) is 6.78. The van der Waals surface area contributed by atoms with E-state index in [4.69, 9.17) is 0 Å². The molecule has 1 aliphatic rings. The number of hydrogen-bond acceptors (Lipinski definition) is 4. The Bertz CT molecular complexity index is 392. The second-order valence-electron chi connectivity index (χ2n) is 5.01. The lowest BCUT2D eigenvalue weighted by molar-refractivity contribution is -0.120. The molecule has 1 saturated carbocycles. The molecule has 1 aromatic heterocycles. The van der Waals surface area contributed by atoms with E-state index in [0.29, 0.717) is 24.7 Å². The molecule has 0 aromatic carbocycles. The molecule has 0 radical (unpaired) electrons. The molecular weight excluding hydrogens is 226 g/mol. The maximum Gasteiger partial charge on any atom is 0.151 e. The van der Waals surface area contributed by atoms with Gasteiger partial charge in [0.2, 0.25) is 0 Å². The van der Waals surface area contributed by atoms with Crippen LogP contribution in [0.15, 0.2) is 12.1 Å². The van der Waals surface area contributed by atoms with Crippen LogP contribution in [0.25, 0.3) is 0 Å². The van der Waals surface area contributed by atoms with Crippen LogP contribution in [0.2, 0.25) is 0 Å². The molecule has 4 nitrogen and oxygen atoms in total. The van der Waals surface area contributed by atoms with Gasteiger partial charge in [-0.3, -0.25) is 4.79 Å². The summed E-state index contributed by atoms with van der Waals surface area (Å²) < 4.78 is 0. The third-order valence-electron chi connectivity index (χ3n) is 3.63. The number of aryl methyl sites for hydroxylation is 1. The van der Waals surface area contributed by atoms with Gasteiger partial charge in [-0.25, -0.2) is 0 Å². The summed E-state index contributed by atoms with van der Waals surface area (Å²) in [6, 6.07) is 4.51. The number of anilines is 1. The van der Waals surface area contributed by atoms with E-state index >= 15 is 0 Å². The molecule has 98 valence electrons. The summed E-state index contributed by atoms with van der Waals surface area (Å²) in [5, 5.41) is 8.52. The minimum atomic E-state index is 0.393. The Kier molecular flexibility index (Phi) is 4.28. The van der Waals surface area contributed by atoms with Gasteiger partial charge in [-0.15, -0.1) is 5.10 Å². The van der Waals surface area contributed by atoms with E-state index in [1.165, 1.54) is 0 Å². The highest BCUT2D eigenvalue weighted by Gasteiger charge is 2.23. The van der Waals surface area contributed by atoms with Crippen molar-refractivity contribution in [1.82, 2.24) is 10.2 Å². The molecule has 0 bridgehead atoms. The smallest absolute Gasteiger partial charge is 0.151 e. The number of Topliss-reactive ketones (excluding diaryl/α,β-unsaturated/α-hetero) is 1. The summed E-state index contributed by atoms with van der Waals surface area (Å²) in [7, 11) is 2.05. The second-order valence-corrected chi connectivity index (χ2v) is 5.01. The molecule has 0 spiro atoms. The first-order valence-electron chi connectivity index (χ1n) is 6.78. The Morgan fingerprint density at radius 3 is 2.56 bits per heavy atom. The molecule has 1 fully saturated rings. The van der Waals surface area contributed by atoms with Crippen LogP contribution < -0.4 is 4.90 Å². The van der Waals surface area contributed by atoms with E-state index in [-0.39, 0.29) is 0 Å². The van der Waals surface area contributed by atoms with Gasteiger partial charge in [0, 0.05) is 25.9 Å². The summed E-state index contributed by atoms with van der Waals surface area (Å²) in [4.78, 5) is 13.4. The molecule has 1 aliphatic carbocycles. The Labute approximate surface area is 108 Å². The standard InChI is InChI=1S/C14H21N3O/c1-3-4-11-5-10-14(16-15-11)17(2)12-6-8-13(18)9-7-12/h5,10,12H,3-4,6-9H2,1-2H3. The minimum Gasteiger partial charge on any atom is -0.355 e. The van der Waals surface area contributed by atoms with Gasteiger partial charge in [-0.2, -0.15) is 5.10 Å². The fraction of sp³-hybridized carbons (Fsp3) is 0.643. The average molecular weight is 247 g/mol. The number of rotatable bonds is 4. The fourth-order valence-corrected chi connectivity index (χ4v) is 2.43. The third-order valence-corrected chi connectivity index (χ3v) is 3.63. The van der Waals surface area contributed by atoms with Crippen LogP contribution in [-0.2, 0) is 11.2 Å².